The molecule has 1 unspecified atom stereocenters. The van der Waals surface area contributed by atoms with Gasteiger partial charge in [-0.1, -0.05) is 36.4 Å². The van der Waals surface area contributed by atoms with Crippen LogP contribution in [-0.4, -0.2) is 40.1 Å². The Morgan fingerprint density at radius 2 is 1.52 bits per heavy atom. The summed E-state index contributed by atoms with van der Waals surface area (Å²) in [6.07, 6.45) is 0.0351. The normalized spacial score (nSPS) is 17.2. The van der Waals surface area contributed by atoms with Crippen molar-refractivity contribution in [2.75, 3.05) is 43.4 Å². The molecule has 170 valence electrons. The number of β-lactam (4-membered cyclic amide) rings is 1. The van der Waals surface area contributed by atoms with Crippen molar-refractivity contribution in [3.05, 3.63) is 78.4 Å². The van der Waals surface area contributed by atoms with Gasteiger partial charge in [0.25, 0.3) is 5.91 Å². The van der Waals surface area contributed by atoms with Crippen LogP contribution in [0.1, 0.15) is 12.0 Å². The minimum absolute atomic E-state index is 0.0351. The van der Waals surface area contributed by atoms with E-state index in [9.17, 15) is 9.59 Å². The number of carbonyl (C=O) groups is 2. The van der Waals surface area contributed by atoms with Gasteiger partial charge in [-0.15, -0.1) is 0 Å². The third-order valence-electron chi connectivity index (χ3n) is 5.96. The maximum absolute atomic E-state index is 13.9. The van der Waals surface area contributed by atoms with Gasteiger partial charge in [-0.3, -0.25) is 14.5 Å². The highest BCUT2D eigenvalue weighted by Gasteiger charge is 2.59. The number of para-hydroxylation sites is 4. The van der Waals surface area contributed by atoms with Crippen LogP contribution in [0.4, 0.5) is 17.1 Å². The fourth-order valence-electron chi connectivity index (χ4n) is 4.21. The van der Waals surface area contributed by atoms with Gasteiger partial charge in [-0.2, -0.15) is 0 Å². The summed E-state index contributed by atoms with van der Waals surface area (Å²) in [5, 5.41) is 2.99. The van der Waals surface area contributed by atoms with Crippen molar-refractivity contribution < 1.29 is 19.1 Å². The van der Waals surface area contributed by atoms with E-state index in [1.807, 2.05) is 67.5 Å². The van der Waals surface area contributed by atoms with E-state index in [4.69, 9.17) is 9.47 Å². The fraction of sp³-hybridized carbons (Fsp3) is 0.231. The zero-order valence-corrected chi connectivity index (χ0v) is 19.2. The Hall–Kier alpha value is -4.00. The smallest absolute Gasteiger partial charge is 0.256 e. The largest absolute Gasteiger partial charge is 0.495 e. The van der Waals surface area contributed by atoms with Crippen molar-refractivity contribution in [3.8, 4) is 11.5 Å². The van der Waals surface area contributed by atoms with E-state index in [2.05, 4.69) is 5.32 Å². The standard InChI is InChI=1S/C26H27N3O4/c1-28(2)19-15-13-18(14-16-19)26(25(31)27-20-9-5-7-11-22(20)32-3)17-24(30)29(26)21-10-6-8-12-23(21)33-4/h5-16H,17H2,1-4H3,(H,27,31). The van der Waals surface area contributed by atoms with Crippen LogP contribution in [0.2, 0.25) is 0 Å². The van der Waals surface area contributed by atoms with E-state index in [0.29, 0.717) is 28.4 Å². The molecule has 0 aliphatic carbocycles. The molecule has 7 nitrogen and oxygen atoms in total. The van der Waals surface area contributed by atoms with E-state index in [1.165, 1.54) is 4.90 Å². The van der Waals surface area contributed by atoms with Crippen LogP contribution in [0.15, 0.2) is 72.8 Å². The lowest BCUT2D eigenvalue weighted by atomic mass is 9.75. The van der Waals surface area contributed by atoms with Crippen LogP contribution in [0.3, 0.4) is 0 Å². The molecule has 1 fully saturated rings. The number of anilines is 3. The molecular formula is C26H27N3O4. The summed E-state index contributed by atoms with van der Waals surface area (Å²) in [5.41, 5.74) is 1.55. The van der Waals surface area contributed by atoms with E-state index in [-0.39, 0.29) is 18.2 Å². The first-order valence-corrected chi connectivity index (χ1v) is 10.6. The van der Waals surface area contributed by atoms with Gasteiger partial charge in [-0.25, -0.2) is 0 Å². The highest BCUT2D eigenvalue weighted by Crippen LogP contribution is 2.48. The zero-order chi connectivity index (χ0) is 23.6. The van der Waals surface area contributed by atoms with Gasteiger partial charge >= 0.3 is 0 Å². The molecule has 0 aromatic heterocycles. The number of amides is 2. The third-order valence-corrected chi connectivity index (χ3v) is 5.96. The zero-order valence-electron chi connectivity index (χ0n) is 19.2. The fourth-order valence-corrected chi connectivity index (χ4v) is 4.21. The summed E-state index contributed by atoms with van der Waals surface area (Å²) < 4.78 is 10.9. The van der Waals surface area contributed by atoms with Gasteiger partial charge in [0.05, 0.1) is 32.0 Å². The molecule has 1 aliphatic rings. The molecule has 0 spiro atoms. The molecule has 1 atom stereocenters. The minimum atomic E-state index is -1.24. The first kappa shape index (κ1) is 22.2. The Balaban J connectivity index is 1.84. The van der Waals surface area contributed by atoms with Crippen LogP contribution >= 0.6 is 0 Å². The average Bonchev–Trinajstić information content (AvgIpc) is 2.83. The molecule has 7 heteroatoms. The van der Waals surface area contributed by atoms with Crippen molar-refractivity contribution >= 4 is 28.9 Å². The number of methoxy groups -OCH3 is 2. The highest BCUT2D eigenvalue weighted by atomic mass is 16.5. The Bertz CT molecular complexity index is 1180. The maximum Gasteiger partial charge on any atom is 0.256 e. The SMILES string of the molecule is COc1ccccc1NC(=O)C1(c2ccc(N(C)C)cc2)CC(=O)N1c1ccccc1OC. The second-order valence-corrected chi connectivity index (χ2v) is 8.03. The number of hydrogen-bond donors (Lipinski definition) is 1. The predicted molar refractivity (Wildman–Crippen MR) is 129 cm³/mol. The molecule has 4 rings (SSSR count). The molecular weight excluding hydrogens is 418 g/mol. The van der Waals surface area contributed by atoms with Crippen LogP contribution in [0.25, 0.3) is 0 Å². The predicted octanol–water partition coefficient (Wildman–Crippen LogP) is 4.04. The lowest BCUT2D eigenvalue weighted by Crippen LogP contribution is -2.67. The second-order valence-electron chi connectivity index (χ2n) is 8.03. The van der Waals surface area contributed by atoms with E-state index < -0.39 is 5.54 Å². The van der Waals surface area contributed by atoms with Crippen molar-refractivity contribution in [1.29, 1.82) is 0 Å². The first-order chi connectivity index (χ1) is 15.9. The lowest BCUT2D eigenvalue weighted by Gasteiger charge is -2.51. The molecule has 1 aliphatic heterocycles. The summed E-state index contributed by atoms with van der Waals surface area (Å²) in [4.78, 5) is 30.4. The summed E-state index contributed by atoms with van der Waals surface area (Å²) in [7, 11) is 7.00. The van der Waals surface area contributed by atoms with Crippen molar-refractivity contribution in [2.24, 2.45) is 0 Å². The monoisotopic (exact) mass is 445 g/mol. The van der Waals surface area contributed by atoms with Gasteiger partial charge in [0.2, 0.25) is 5.91 Å². The molecule has 2 amide bonds. The average molecular weight is 446 g/mol. The number of benzene rings is 3. The van der Waals surface area contributed by atoms with Crippen molar-refractivity contribution in [1.82, 2.24) is 0 Å². The van der Waals surface area contributed by atoms with Gasteiger partial charge < -0.3 is 19.7 Å². The molecule has 33 heavy (non-hydrogen) atoms. The summed E-state index contributed by atoms with van der Waals surface area (Å²) >= 11 is 0. The van der Waals surface area contributed by atoms with Crippen LogP contribution in [-0.2, 0) is 15.1 Å². The molecule has 1 N–H and O–H groups in total. The molecule has 0 saturated carbocycles. The van der Waals surface area contributed by atoms with Gasteiger partial charge in [0.15, 0.2) is 5.54 Å². The number of nitrogens with zero attached hydrogens (tertiary/aromatic N) is 2. The minimum Gasteiger partial charge on any atom is -0.495 e. The Kier molecular flexibility index (Phi) is 5.96. The van der Waals surface area contributed by atoms with E-state index >= 15 is 0 Å². The molecule has 3 aromatic carbocycles. The topological polar surface area (TPSA) is 71.1 Å². The Labute approximate surface area is 193 Å². The van der Waals surface area contributed by atoms with E-state index in [1.54, 1.807) is 38.5 Å². The number of nitrogens with one attached hydrogen (secondary N) is 1. The molecule has 0 bridgehead atoms. The number of carbonyl (C=O) groups excluding carboxylic acids is 2. The lowest BCUT2D eigenvalue weighted by molar-refractivity contribution is -0.137. The number of hydrogen-bond acceptors (Lipinski definition) is 5. The number of rotatable bonds is 7. The molecule has 0 radical (unpaired) electrons. The quantitative estimate of drug-likeness (QED) is 0.556. The van der Waals surface area contributed by atoms with Gasteiger partial charge in [0, 0.05) is 19.8 Å². The molecule has 3 aromatic rings. The van der Waals surface area contributed by atoms with E-state index in [0.717, 1.165) is 5.69 Å². The molecule has 1 saturated heterocycles. The van der Waals surface area contributed by atoms with Crippen LogP contribution in [0.5, 0.6) is 11.5 Å². The highest BCUT2D eigenvalue weighted by molar-refractivity contribution is 6.17. The van der Waals surface area contributed by atoms with Gasteiger partial charge in [-0.05, 0) is 42.0 Å². The van der Waals surface area contributed by atoms with Crippen LogP contribution in [0, 0.1) is 0 Å². The summed E-state index contributed by atoms with van der Waals surface area (Å²) in [6.45, 7) is 0. The van der Waals surface area contributed by atoms with Crippen molar-refractivity contribution in [2.45, 2.75) is 12.0 Å². The molecule has 1 heterocycles. The Morgan fingerprint density at radius 1 is 0.909 bits per heavy atom. The maximum atomic E-state index is 13.9. The third kappa shape index (κ3) is 3.75. The van der Waals surface area contributed by atoms with Crippen LogP contribution < -0.4 is 24.6 Å². The number of ether oxygens (including phenoxy) is 2. The summed E-state index contributed by atoms with van der Waals surface area (Å²) in [5.74, 6) is 0.574. The Morgan fingerprint density at radius 3 is 2.12 bits per heavy atom. The van der Waals surface area contributed by atoms with Crippen molar-refractivity contribution in [3.63, 3.8) is 0 Å². The first-order valence-electron chi connectivity index (χ1n) is 10.6. The summed E-state index contributed by atoms with van der Waals surface area (Å²) in [6, 6.07) is 22.1. The second kappa shape index (κ2) is 8.86. The van der Waals surface area contributed by atoms with Gasteiger partial charge in [0.1, 0.15) is 11.5 Å².